The number of nitrogens with one attached hydrogen (secondary N) is 2. The molecule has 1 aromatic rings. The zero-order valence-corrected chi connectivity index (χ0v) is 12.0. The molecule has 1 atom stereocenters. The van der Waals surface area contributed by atoms with Crippen molar-refractivity contribution in [1.29, 1.82) is 0 Å². The van der Waals surface area contributed by atoms with Crippen molar-refractivity contribution in [3.8, 4) is 0 Å². The maximum atomic E-state index is 11.9. The van der Waals surface area contributed by atoms with Crippen molar-refractivity contribution in [2.24, 2.45) is 0 Å². The Bertz CT molecular complexity index is 407. The molecule has 1 amide bonds. The summed E-state index contributed by atoms with van der Waals surface area (Å²) in [5.74, 6) is 0.0476. The molecular weight excluding hydrogens is 294 g/mol. The first-order chi connectivity index (χ1) is 8.63. The Morgan fingerprint density at radius 3 is 2.89 bits per heavy atom. The van der Waals surface area contributed by atoms with Crippen molar-refractivity contribution < 1.29 is 4.79 Å². The lowest BCUT2D eigenvalue weighted by atomic mass is 10.2. The van der Waals surface area contributed by atoms with Crippen molar-refractivity contribution in [3.05, 3.63) is 28.7 Å². The molecule has 18 heavy (non-hydrogen) atoms. The molecule has 0 unspecified atom stereocenters. The third-order valence-corrected chi connectivity index (χ3v) is 3.48. The number of hydrogen-bond donors (Lipinski definition) is 2. The summed E-state index contributed by atoms with van der Waals surface area (Å²) in [5, 5.41) is 6.27. The van der Waals surface area contributed by atoms with Crippen LogP contribution in [0.15, 0.2) is 28.7 Å². The monoisotopic (exact) mass is 311 g/mol. The summed E-state index contributed by atoms with van der Waals surface area (Å²) in [6.07, 6.45) is 0. The fraction of sp³-hybridized carbons (Fsp3) is 0.462. The van der Waals surface area contributed by atoms with Crippen LogP contribution in [-0.2, 0) is 4.79 Å². The van der Waals surface area contributed by atoms with Gasteiger partial charge in [-0.2, -0.15) is 0 Å². The highest BCUT2D eigenvalue weighted by molar-refractivity contribution is 9.10. The zero-order valence-electron chi connectivity index (χ0n) is 10.4. The Hall–Kier alpha value is -0.910. The highest BCUT2D eigenvalue weighted by atomic mass is 79.9. The molecule has 0 aliphatic carbocycles. The number of benzene rings is 1. The predicted octanol–water partition coefficient (Wildman–Crippen LogP) is 1.68. The first-order valence-corrected chi connectivity index (χ1v) is 6.94. The van der Waals surface area contributed by atoms with E-state index in [1.807, 2.05) is 24.3 Å². The molecule has 0 bridgehead atoms. The van der Waals surface area contributed by atoms with Gasteiger partial charge in [-0.3, -0.25) is 9.69 Å². The third-order valence-electron chi connectivity index (χ3n) is 2.95. The molecule has 4 nitrogen and oxygen atoms in total. The lowest BCUT2D eigenvalue weighted by molar-refractivity contribution is -0.117. The largest absolute Gasteiger partial charge is 0.325 e. The molecule has 0 spiro atoms. The lowest BCUT2D eigenvalue weighted by Crippen LogP contribution is -2.51. The summed E-state index contributed by atoms with van der Waals surface area (Å²) in [5.41, 5.74) is 0.839. The molecule has 0 radical (unpaired) electrons. The van der Waals surface area contributed by atoms with Crippen LogP contribution in [0, 0.1) is 0 Å². The van der Waals surface area contributed by atoms with Crippen molar-refractivity contribution in [1.82, 2.24) is 10.2 Å². The summed E-state index contributed by atoms with van der Waals surface area (Å²) < 4.78 is 1.01. The average Bonchev–Trinajstić information content (AvgIpc) is 2.32. The SMILES string of the molecule is C[C@H]1CN(CC(=O)Nc2ccc(Br)cc2)CCN1. The highest BCUT2D eigenvalue weighted by Crippen LogP contribution is 2.14. The Morgan fingerprint density at radius 1 is 1.50 bits per heavy atom. The van der Waals surface area contributed by atoms with Crippen molar-refractivity contribution in [2.45, 2.75) is 13.0 Å². The van der Waals surface area contributed by atoms with Crippen LogP contribution < -0.4 is 10.6 Å². The van der Waals surface area contributed by atoms with Crippen molar-refractivity contribution in [2.75, 3.05) is 31.5 Å². The predicted molar refractivity (Wildman–Crippen MR) is 76.7 cm³/mol. The Balaban J connectivity index is 1.83. The minimum Gasteiger partial charge on any atom is -0.325 e. The van der Waals surface area contributed by atoms with E-state index in [9.17, 15) is 4.79 Å². The van der Waals surface area contributed by atoms with Gasteiger partial charge in [0.05, 0.1) is 6.54 Å². The molecule has 1 aliphatic heterocycles. The Labute approximate surface area is 116 Å². The molecule has 1 aliphatic rings. The summed E-state index contributed by atoms with van der Waals surface area (Å²) in [6.45, 7) is 5.40. The standard InChI is InChI=1S/C13H18BrN3O/c1-10-8-17(7-6-15-10)9-13(18)16-12-4-2-11(14)3-5-12/h2-5,10,15H,6-9H2,1H3,(H,16,18)/t10-/m0/s1. The molecule has 1 saturated heterocycles. The average molecular weight is 312 g/mol. The van der Waals surface area contributed by atoms with Gasteiger partial charge in [0, 0.05) is 35.8 Å². The van der Waals surface area contributed by atoms with Crippen LogP contribution in [0.1, 0.15) is 6.92 Å². The summed E-state index contributed by atoms with van der Waals surface area (Å²) in [6, 6.07) is 8.08. The van der Waals surface area contributed by atoms with Gasteiger partial charge in [-0.25, -0.2) is 0 Å². The summed E-state index contributed by atoms with van der Waals surface area (Å²) in [4.78, 5) is 14.1. The molecule has 0 saturated carbocycles. The molecular formula is C13H18BrN3O. The maximum Gasteiger partial charge on any atom is 0.238 e. The van der Waals surface area contributed by atoms with Crippen LogP contribution in [-0.4, -0.2) is 43.0 Å². The quantitative estimate of drug-likeness (QED) is 0.892. The minimum absolute atomic E-state index is 0.0476. The number of piperazine rings is 1. The van der Waals surface area contributed by atoms with Crippen molar-refractivity contribution in [3.63, 3.8) is 0 Å². The van der Waals surface area contributed by atoms with E-state index in [1.54, 1.807) is 0 Å². The third kappa shape index (κ3) is 4.08. The number of anilines is 1. The normalized spacial score (nSPS) is 20.7. The highest BCUT2D eigenvalue weighted by Gasteiger charge is 2.17. The lowest BCUT2D eigenvalue weighted by Gasteiger charge is -2.31. The van der Waals surface area contributed by atoms with Crippen LogP contribution in [0.3, 0.4) is 0 Å². The fourth-order valence-corrected chi connectivity index (χ4v) is 2.36. The zero-order chi connectivity index (χ0) is 13.0. The smallest absolute Gasteiger partial charge is 0.238 e. The first kappa shape index (κ1) is 13.5. The van der Waals surface area contributed by atoms with Gasteiger partial charge in [-0.05, 0) is 31.2 Å². The molecule has 5 heteroatoms. The van der Waals surface area contributed by atoms with Crippen LogP contribution in [0.4, 0.5) is 5.69 Å². The number of amides is 1. The first-order valence-electron chi connectivity index (χ1n) is 6.14. The fourth-order valence-electron chi connectivity index (χ4n) is 2.09. The molecule has 1 aromatic carbocycles. The Kier molecular flexibility index (Phi) is 4.74. The molecule has 98 valence electrons. The number of rotatable bonds is 3. The second-order valence-electron chi connectivity index (χ2n) is 4.65. The number of hydrogen-bond acceptors (Lipinski definition) is 3. The molecule has 1 fully saturated rings. The van der Waals surface area contributed by atoms with E-state index >= 15 is 0 Å². The summed E-state index contributed by atoms with van der Waals surface area (Å²) in [7, 11) is 0. The number of halogens is 1. The van der Waals surface area contributed by atoms with E-state index in [0.717, 1.165) is 29.8 Å². The van der Waals surface area contributed by atoms with E-state index in [-0.39, 0.29) is 5.91 Å². The van der Waals surface area contributed by atoms with E-state index in [4.69, 9.17) is 0 Å². The topological polar surface area (TPSA) is 44.4 Å². The van der Waals surface area contributed by atoms with Gasteiger partial charge in [0.1, 0.15) is 0 Å². The second kappa shape index (κ2) is 6.31. The molecule has 1 heterocycles. The number of nitrogens with zero attached hydrogens (tertiary/aromatic N) is 1. The van der Waals surface area contributed by atoms with Gasteiger partial charge in [0.25, 0.3) is 0 Å². The van der Waals surface area contributed by atoms with Gasteiger partial charge < -0.3 is 10.6 Å². The summed E-state index contributed by atoms with van der Waals surface area (Å²) >= 11 is 3.37. The van der Waals surface area contributed by atoms with Gasteiger partial charge in [-0.1, -0.05) is 15.9 Å². The van der Waals surface area contributed by atoms with Gasteiger partial charge >= 0.3 is 0 Å². The minimum atomic E-state index is 0.0476. The molecule has 2 N–H and O–H groups in total. The van der Waals surface area contributed by atoms with E-state index in [2.05, 4.69) is 38.4 Å². The molecule has 0 aromatic heterocycles. The molecule has 2 rings (SSSR count). The number of carbonyl (C=O) groups is 1. The van der Waals surface area contributed by atoms with Gasteiger partial charge in [0.2, 0.25) is 5.91 Å². The van der Waals surface area contributed by atoms with Crippen LogP contribution >= 0.6 is 15.9 Å². The van der Waals surface area contributed by atoms with Crippen molar-refractivity contribution >= 4 is 27.5 Å². The van der Waals surface area contributed by atoms with E-state index in [1.165, 1.54) is 0 Å². The van der Waals surface area contributed by atoms with Gasteiger partial charge in [0.15, 0.2) is 0 Å². The second-order valence-corrected chi connectivity index (χ2v) is 5.56. The maximum absolute atomic E-state index is 11.9. The van der Waals surface area contributed by atoms with E-state index in [0.29, 0.717) is 12.6 Å². The van der Waals surface area contributed by atoms with Gasteiger partial charge in [-0.15, -0.1) is 0 Å². The number of carbonyl (C=O) groups excluding carboxylic acids is 1. The Morgan fingerprint density at radius 2 is 2.22 bits per heavy atom. The van der Waals surface area contributed by atoms with E-state index < -0.39 is 0 Å². The van der Waals surface area contributed by atoms with Crippen LogP contribution in [0.25, 0.3) is 0 Å². The van der Waals surface area contributed by atoms with Crippen LogP contribution in [0.5, 0.6) is 0 Å². The van der Waals surface area contributed by atoms with Crippen LogP contribution in [0.2, 0.25) is 0 Å².